The first kappa shape index (κ1) is 14.3. The zero-order valence-electron chi connectivity index (χ0n) is 13.0. The number of benzene rings is 1. The van der Waals surface area contributed by atoms with E-state index in [0.717, 1.165) is 18.8 Å². The molecule has 1 nitrogen and oxygen atoms in total. The van der Waals surface area contributed by atoms with Crippen LogP contribution in [-0.2, 0) is 23.1 Å². The van der Waals surface area contributed by atoms with E-state index >= 15 is 0 Å². The second-order valence-corrected chi connectivity index (χ2v) is 6.82. The van der Waals surface area contributed by atoms with Crippen LogP contribution in [0, 0.1) is 12.8 Å². The zero-order valence-corrected chi connectivity index (χ0v) is 13.0. The molecular weight excluding hydrogens is 232 g/mol. The Balaban J connectivity index is 2.22. The van der Waals surface area contributed by atoms with Crippen molar-refractivity contribution < 1.29 is 4.79 Å². The average Bonchev–Trinajstić information content (AvgIpc) is 2.51. The summed E-state index contributed by atoms with van der Waals surface area (Å²) in [6, 6.07) is 4.79. The highest BCUT2D eigenvalue weighted by Gasteiger charge is 2.36. The predicted octanol–water partition coefficient (Wildman–Crippen LogP) is 4.38. The fraction of sp³-hybridized carbons (Fsp3) is 0.611. The molecule has 1 heteroatoms. The standard InChI is InChI=1S/C18H26O/c1-12-9-17-16(10-13(2)18(17,4)5)11-15(12)8-6-7-14(3)19/h9,11,13H,6-8,10H2,1-5H3/t13-/m0/s1. The molecular formula is C18H26O. The number of fused-ring (bicyclic) bond motifs is 1. The van der Waals surface area contributed by atoms with Gasteiger partial charge in [0, 0.05) is 6.42 Å². The van der Waals surface area contributed by atoms with E-state index in [2.05, 4.69) is 39.8 Å². The SMILES string of the molecule is CC(=O)CCCc1cc2c(cc1C)C(C)(C)[C@@H](C)C2. The summed E-state index contributed by atoms with van der Waals surface area (Å²) in [6.07, 6.45) is 3.92. The lowest BCUT2D eigenvalue weighted by molar-refractivity contribution is -0.117. The number of carbonyl (C=O) groups excluding carboxylic acids is 1. The van der Waals surface area contributed by atoms with Crippen LogP contribution in [0.5, 0.6) is 0 Å². The van der Waals surface area contributed by atoms with Crippen molar-refractivity contribution in [3.05, 3.63) is 34.4 Å². The fourth-order valence-electron chi connectivity index (χ4n) is 3.22. The van der Waals surface area contributed by atoms with E-state index in [1.807, 2.05) is 0 Å². The molecule has 1 aliphatic rings. The number of ketones is 1. The molecule has 1 atom stereocenters. The Kier molecular flexibility index (Phi) is 3.85. The molecule has 1 aromatic rings. The summed E-state index contributed by atoms with van der Waals surface area (Å²) in [5, 5.41) is 0. The molecule has 19 heavy (non-hydrogen) atoms. The molecule has 0 saturated carbocycles. The third-order valence-electron chi connectivity index (χ3n) is 4.99. The fourth-order valence-corrected chi connectivity index (χ4v) is 3.22. The van der Waals surface area contributed by atoms with Crippen molar-refractivity contribution in [1.82, 2.24) is 0 Å². The van der Waals surface area contributed by atoms with Crippen molar-refractivity contribution in [1.29, 1.82) is 0 Å². The van der Waals surface area contributed by atoms with E-state index < -0.39 is 0 Å². The third kappa shape index (κ3) is 2.75. The van der Waals surface area contributed by atoms with Gasteiger partial charge in [-0.2, -0.15) is 0 Å². The van der Waals surface area contributed by atoms with Crippen molar-refractivity contribution in [2.45, 2.75) is 65.7 Å². The van der Waals surface area contributed by atoms with Crippen LogP contribution in [0.15, 0.2) is 12.1 Å². The first-order valence-electron chi connectivity index (χ1n) is 7.44. The smallest absolute Gasteiger partial charge is 0.129 e. The lowest BCUT2D eigenvalue weighted by Gasteiger charge is -2.25. The minimum absolute atomic E-state index is 0.300. The van der Waals surface area contributed by atoms with Gasteiger partial charge in [-0.05, 0) is 66.7 Å². The molecule has 0 fully saturated rings. The van der Waals surface area contributed by atoms with Gasteiger partial charge in [0.2, 0.25) is 0 Å². The monoisotopic (exact) mass is 258 g/mol. The number of carbonyl (C=O) groups is 1. The molecule has 0 bridgehead atoms. The molecule has 0 aromatic heterocycles. The van der Waals surface area contributed by atoms with Crippen LogP contribution in [0.2, 0.25) is 0 Å². The number of hydrogen-bond donors (Lipinski definition) is 0. The first-order chi connectivity index (χ1) is 8.82. The van der Waals surface area contributed by atoms with Crippen LogP contribution < -0.4 is 0 Å². The third-order valence-corrected chi connectivity index (χ3v) is 4.99. The Morgan fingerprint density at radius 1 is 1.37 bits per heavy atom. The van der Waals surface area contributed by atoms with Gasteiger partial charge in [0.05, 0.1) is 0 Å². The topological polar surface area (TPSA) is 17.1 Å². The van der Waals surface area contributed by atoms with Gasteiger partial charge in [0.15, 0.2) is 0 Å². The molecule has 1 aliphatic carbocycles. The van der Waals surface area contributed by atoms with Gasteiger partial charge in [-0.15, -0.1) is 0 Å². The van der Waals surface area contributed by atoms with Crippen LogP contribution in [0.25, 0.3) is 0 Å². The van der Waals surface area contributed by atoms with Crippen molar-refractivity contribution in [2.24, 2.45) is 5.92 Å². The summed E-state index contributed by atoms with van der Waals surface area (Å²) in [4.78, 5) is 11.0. The van der Waals surface area contributed by atoms with Crippen molar-refractivity contribution in [2.75, 3.05) is 0 Å². The van der Waals surface area contributed by atoms with Crippen molar-refractivity contribution >= 4 is 5.78 Å². The summed E-state index contributed by atoms with van der Waals surface area (Å²) < 4.78 is 0. The number of hydrogen-bond acceptors (Lipinski definition) is 1. The quantitative estimate of drug-likeness (QED) is 0.783. The predicted molar refractivity (Wildman–Crippen MR) is 80.7 cm³/mol. The summed E-state index contributed by atoms with van der Waals surface area (Å²) in [5.74, 6) is 1.02. The number of aryl methyl sites for hydroxylation is 2. The molecule has 0 amide bonds. The minimum atomic E-state index is 0.300. The Bertz CT molecular complexity index is 497. The second kappa shape index (κ2) is 5.11. The summed E-state index contributed by atoms with van der Waals surface area (Å²) in [7, 11) is 0. The highest BCUT2D eigenvalue weighted by Crippen LogP contribution is 2.43. The van der Waals surface area contributed by atoms with Gasteiger partial charge in [-0.3, -0.25) is 0 Å². The van der Waals surface area contributed by atoms with Gasteiger partial charge in [-0.1, -0.05) is 32.9 Å². The average molecular weight is 258 g/mol. The van der Waals surface area contributed by atoms with Gasteiger partial charge in [0.1, 0.15) is 5.78 Å². The van der Waals surface area contributed by atoms with E-state index in [1.54, 1.807) is 6.92 Å². The van der Waals surface area contributed by atoms with Gasteiger partial charge < -0.3 is 4.79 Å². The molecule has 0 N–H and O–H groups in total. The molecule has 0 radical (unpaired) electrons. The Morgan fingerprint density at radius 3 is 2.68 bits per heavy atom. The van der Waals surface area contributed by atoms with E-state index in [9.17, 15) is 4.79 Å². The second-order valence-electron chi connectivity index (χ2n) is 6.82. The molecule has 104 valence electrons. The molecule has 0 aliphatic heterocycles. The Morgan fingerprint density at radius 2 is 2.05 bits per heavy atom. The molecule has 2 rings (SSSR count). The van der Waals surface area contributed by atoms with Gasteiger partial charge in [0.25, 0.3) is 0 Å². The van der Waals surface area contributed by atoms with Crippen LogP contribution in [-0.4, -0.2) is 5.78 Å². The molecule has 0 unspecified atom stereocenters. The molecule has 0 spiro atoms. The maximum atomic E-state index is 11.0. The van der Waals surface area contributed by atoms with Gasteiger partial charge >= 0.3 is 0 Å². The van der Waals surface area contributed by atoms with E-state index in [-0.39, 0.29) is 0 Å². The molecule has 0 saturated heterocycles. The summed E-state index contributed by atoms with van der Waals surface area (Å²) in [6.45, 7) is 11.0. The van der Waals surface area contributed by atoms with E-state index in [4.69, 9.17) is 0 Å². The van der Waals surface area contributed by atoms with Gasteiger partial charge in [-0.25, -0.2) is 0 Å². The molecule has 0 heterocycles. The maximum absolute atomic E-state index is 11.0. The number of rotatable bonds is 4. The lowest BCUT2D eigenvalue weighted by atomic mass is 9.79. The van der Waals surface area contributed by atoms with Crippen molar-refractivity contribution in [3.63, 3.8) is 0 Å². The van der Waals surface area contributed by atoms with E-state index in [1.165, 1.54) is 28.7 Å². The van der Waals surface area contributed by atoms with Crippen molar-refractivity contribution in [3.8, 4) is 0 Å². The zero-order chi connectivity index (χ0) is 14.2. The molecule has 1 aromatic carbocycles. The van der Waals surface area contributed by atoms with Crippen LogP contribution in [0.1, 0.15) is 62.8 Å². The highest BCUT2D eigenvalue weighted by molar-refractivity contribution is 5.75. The normalized spacial score (nSPS) is 20.4. The van der Waals surface area contributed by atoms with Crippen LogP contribution >= 0.6 is 0 Å². The number of Topliss-reactive ketones (excluding diaryl/α,β-unsaturated/α-hetero) is 1. The highest BCUT2D eigenvalue weighted by atomic mass is 16.1. The largest absolute Gasteiger partial charge is 0.300 e. The van der Waals surface area contributed by atoms with E-state index in [0.29, 0.717) is 17.6 Å². The first-order valence-corrected chi connectivity index (χ1v) is 7.44. The Hall–Kier alpha value is -1.11. The lowest BCUT2D eigenvalue weighted by Crippen LogP contribution is -2.21. The summed E-state index contributed by atoms with van der Waals surface area (Å²) >= 11 is 0. The van der Waals surface area contributed by atoms with Crippen LogP contribution in [0.4, 0.5) is 0 Å². The summed E-state index contributed by atoms with van der Waals surface area (Å²) in [5.41, 5.74) is 6.20. The minimum Gasteiger partial charge on any atom is -0.300 e. The van der Waals surface area contributed by atoms with Crippen LogP contribution in [0.3, 0.4) is 0 Å². The Labute approximate surface area is 117 Å². The maximum Gasteiger partial charge on any atom is 0.129 e.